The highest BCUT2D eigenvalue weighted by Crippen LogP contribution is 2.36. The number of hydrogen-bond donors (Lipinski definition) is 0. The van der Waals surface area contributed by atoms with Gasteiger partial charge in [-0.25, -0.2) is 19.9 Å². The molecule has 0 bridgehead atoms. The van der Waals surface area contributed by atoms with Crippen molar-refractivity contribution in [2.45, 2.75) is 38.9 Å². The molecule has 1 fully saturated rings. The molecule has 0 saturated carbocycles. The predicted octanol–water partition coefficient (Wildman–Crippen LogP) is 6.11. The molecule has 6 rings (SSSR count). The van der Waals surface area contributed by atoms with E-state index in [1.54, 1.807) is 6.07 Å². The smallest absolute Gasteiger partial charge is 0.399 e. The molecule has 0 spiro atoms. The number of nitriles is 1. The summed E-state index contributed by atoms with van der Waals surface area (Å²) in [6.45, 7) is 8.18. The largest absolute Gasteiger partial charge is 0.494 e. The van der Waals surface area contributed by atoms with Gasteiger partial charge in [0.05, 0.1) is 16.9 Å². The van der Waals surface area contributed by atoms with Gasteiger partial charge in [-0.2, -0.15) is 5.26 Å². The second-order valence-electron chi connectivity index (χ2n) is 11.0. The van der Waals surface area contributed by atoms with Gasteiger partial charge in [0, 0.05) is 22.3 Å². The highest BCUT2D eigenvalue weighted by molar-refractivity contribution is 6.62. The molecule has 3 heterocycles. The van der Waals surface area contributed by atoms with Crippen molar-refractivity contribution in [1.82, 2.24) is 19.9 Å². The van der Waals surface area contributed by atoms with Crippen LogP contribution in [0.15, 0.2) is 97.1 Å². The van der Waals surface area contributed by atoms with E-state index >= 15 is 0 Å². The van der Waals surface area contributed by atoms with Crippen LogP contribution in [0.3, 0.4) is 0 Å². The first-order valence-corrected chi connectivity index (χ1v) is 13.5. The third-order valence-corrected chi connectivity index (χ3v) is 7.64. The summed E-state index contributed by atoms with van der Waals surface area (Å²) in [4.78, 5) is 19.0. The maximum Gasteiger partial charge on any atom is 0.494 e. The van der Waals surface area contributed by atoms with Crippen molar-refractivity contribution in [2.24, 2.45) is 0 Å². The maximum absolute atomic E-state index is 9.22. The van der Waals surface area contributed by atoms with Gasteiger partial charge in [0.15, 0.2) is 17.5 Å². The van der Waals surface area contributed by atoms with Gasteiger partial charge in [0.25, 0.3) is 0 Å². The van der Waals surface area contributed by atoms with Crippen LogP contribution in [0.5, 0.6) is 0 Å². The van der Waals surface area contributed by atoms with Crippen molar-refractivity contribution in [3.8, 4) is 51.5 Å². The molecular weight excluding hydrogens is 509 g/mol. The summed E-state index contributed by atoms with van der Waals surface area (Å²) < 4.78 is 12.6. The quantitative estimate of drug-likeness (QED) is 0.250. The van der Waals surface area contributed by atoms with Crippen molar-refractivity contribution in [2.75, 3.05) is 0 Å². The zero-order chi connectivity index (χ0) is 28.6. The van der Waals surface area contributed by atoms with Gasteiger partial charge in [-0.1, -0.05) is 84.9 Å². The average molecular weight is 537 g/mol. The van der Waals surface area contributed by atoms with Gasteiger partial charge in [-0.05, 0) is 45.3 Å². The molecule has 1 saturated heterocycles. The van der Waals surface area contributed by atoms with Crippen molar-refractivity contribution in [1.29, 1.82) is 5.26 Å². The third-order valence-electron chi connectivity index (χ3n) is 7.64. The number of nitrogens with zero attached hydrogens (tertiary/aromatic N) is 5. The van der Waals surface area contributed by atoms with Crippen molar-refractivity contribution in [3.63, 3.8) is 0 Å². The van der Waals surface area contributed by atoms with Gasteiger partial charge in [-0.15, -0.1) is 0 Å². The fourth-order valence-corrected chi connectivity index (χ4v) is 4.60. The summed E-state index contributed by atoms with van der Waals surface area (Å²) in [6, 6.07) is 33.2. The molecule has 41 heavy (non-hydrogen) atoms. The SMILES string of the molecule is CC1(C)OB(c2cccc(-c3nc(-c4ccccc4)nc(-c4ccc(-c5cccc(C#N)n5)cc4)n3)c2)OC1(C)C. The Hall–Kier alpha value is -4.71. The summed E-state index contributed by atoms with van der Waals surface area (Å²) in [6.07, 6.45) is 0. The van der Waals surface area contributed by atoms with Crippen molar-refractivity contribution >= 4 is 12.6 Å². The molecule has 1 aliphatic heterocycles. The van der Waals surface area contributed by atoms with Crippen LogP contribution in [0, 0.1) is 11.3 Å². The fraction of sp³-hybridized carbons (Fsp3) is 0.182. The lowest BCUT2D eigenvalue weighted by molar-refractivity contribution is 0.00578. The lowest BCUT2D eigenvalue weighted by Gasteiger charge is -2.32. The highest BCUT2D eigenvalue weighted by Gasteiger charge is 2.51. The van der Waals surface area contributed by atoms with Gasteiger partial charge in [0.2, 0.25) is 0 Å². The Kier molecular flexibility index (Phi) is 6.70. The van der Waals surface area contributed by atoms with E-state index in [0.717, 1.165) is 33.4 Å². The summed E-state index contributed by atoms with van der Waals surface area (Å²) in [7, 11) is -0.490. The molecule has 0 radical (unpaired) electrons. The fourth-order valence-electron chi connectivity index (χ4n) is 4.60. The van der Waals surface area contributed by atoms with Crippen LogP contribution >= 0.6 is 0 Å². The molecule has 8 heteroatoms. The zero-order valence-electron chi connectivity index (χ0n) is 23.4. The van der Waals surface area contributed by atoms with Gasteiger partial charge < -0.3 is 9.31 Å². The molecule has 2 aromatic heterocycles. The van der Waals surface area contributed by atoms with Crippen molar-refractivity contribution in [3.05, 3.63) is 103 Å². The number of aromatic nitrogens is 4. The lowest BCUT2D eigenvalue weighted by Crippen LogP contribution is -2.41. The summed E-state index contributed by atoms with van der Waals surface area (Å²) in [5.74, 6) is 1.69. The minimum absolute atomic E-state index is 0.379. The molecule has 0 N–H and O–H groups in total. The molecule has 0 amide bonds. The summed E-state index contributed by atoms with van der Waals surface area (Å²) in [5, 5.41) is 9.22. The van der Waals surface area contributed by atoms with Gasteiger partial charge in [-0.3, -0.25) is 0 Å². The minimum atomic E-state index is -0.490. The van der Waals surface area contributed by atoms with Crippen LogP contribution in [0.25, 0.3) is 45.4 Å². The maximum atomic E-state index is 9.22. The van der Waals surface area contributed by atoms with Gasteiger partial charge in [0.1, 0.15) is 11.8 Å². The molecule has 0 aliphatic carbocycles. The van der Waals surface area contributed by atoms with Crippen LogP contribution < -0.4 is 5.46 Å². The van der Waals surface area contributed by atoms with Crippen LogP contribution in [-0.4, -0.2) is 38.3 Å². The van der Waals surface area contributed by atoms with Crippen molar-refractivity contribution < 1.29 is 9.31 Å². The van der Waals surface area contributed by atoms with Crippen LogP contribution in [0.4, 0.5) is 0 Å². The van der Waals surface area contributed by atoms with E-state index in [0.29, 0.717) is 23.2 Å². The monoisotopic (exact) mass is 537 g/mol. The van der Waals surface area contributed by atoms with E-state index in [4.69, 9.17) is 24.3 Å². The molecule has 3 aromatic carbocycles. The average Bonchev–Trinajstić information content (AvgIpc) is 3.23. The topological polar surface area (TPSA) is 93.8 Å². The van der Waals surface area contributed by atoms with Gasteiger partial charge >= 0.3 is 7.12 Å². The first kappa shape index (κ1) is 26.5. The number of benzene rings is 3. The van der Waals surface area contributed by atoms with E-state index in [9.17, 15) is 5.26 Å². The minimum Gasteiger partial charge on any atom is -0.399 e. The summed E-state index contributed by atoms with van der Waals surface area (Å²) in [5.41, 5.74) is 4.62. The molecular formula is C33H28BN5O2. The highest BCUT2D eigenvalue weighted by atomic mass is 16.7. The van der Waals surface area contributed by atoms with Crippen LogP contribution in [0.1, 0.15) is 33.4 Å². The first-order chi connectivity index (χ1) is 19.7. The lowest BCUT2D eigenvalue weighted by atomic mass is 9.78. The van der Waals surface area contributed by atoms with Crippen LogP contribution in [0.2, 0.25) is 0 Å². The number of pyridine rings is 1. The predicted molar refractivity (Wildman–Crippen MR) is 160 cm³/mol. The second-order valence-corrected chi connectivity index (χ2v) is 11.0. The van der Waals surface area contributed by atoms with E-state index < -0.39 is 18.3 Å². The Morgan fingerprint density at radius 1 is 0.585 bits per heavy atom. The molecule has 5 aromatic rings. The second kappa shape index (κ2) is 10.4. The molecule has 0 atom stereocenters. The van der Waals surface area contributed by atoms with E-state index in [2.05, 4.69) is 11.1 Å². The molecule has 7 nitrogen and oxygen atoms in total. The number of hydrogen-bond acceptors (Lipinski definition) is 7. The Balaban J connectivity index is 1.40. The zero-order valence-corrected chi connectivity index (χ0v) is 23.4. The summed E-state index contributed by atoms with van der Waals surface area (Å²) >= 11 is 0. The van der Waals surface area contributed by atoms with E-state index in [1.807, 2.05) is 119 Å². The van der Waals surface area contributed by atoms with Crippen LogP contribution in [-0.2, 0) is 9.31 Å². The normalized spacial score (nSPS) is 15.4. The Bertz CT molecular complexity index is 1750. The third kappa shape index (κ3) is 5.25. The van der Waals surface area contributed by atoms with E-state index in [1.165, 1.54) is 0 Å². The molecule has 1 aliphatic rings. The molecule has 0 unspecified atom stereocenters. The molecule has 200 valence electrons. The Labute approximate surface area is 240 Å². The Morgan fingerprint density at radius 2 is 1.12 bits per heavy atom. The Morgan fingerprint density at radius 3 is 1.76 bits per heavy atom. The first-order valence-electron chi connectivity index (χ1n) is 13.5. The standard InChI is InChI=1S/C33H28BN5O2/c1-32(2)33(3,4)41-34(40-32)26-13-8-12-25(20-26)31-38-29(23-10-6-5-7-11-23)37-30(39-31)24-18-16-22(17-19-24)28-15-9-14-27(21-35)36-28/h5-20H,1-4H3. The number of rotatable bonds is 5. The van der Waals surface area contributed by atoms with E-state index in [-0.39, 0.29) is 0 Å².